The van der Waals surface area contributed by atoms with Gasteiger partial charge in [-0.1, -0.05) is 36.4 Å². The van der Waals surface area contributed by atoms with Crippen LogP contribution in [0.1, 0.15) is 20.7 Å². The lowest BCUT2D eigenvalue weighted by molar-refractivity contribution is 0.0898. The zero-order chi connectivity index (χ0) is 20.4. The summed E-state index contributed by atoms with van der Waals surface area (Å²) in [6.07, 6.45) is 0. The Morgan fingerprint density at radius 2 is 1.07 bits per heavy atom. The van der Waals surface area contributed by atoms with Crippen molar-refractivity contribution >= 4 is 39.6 Å². The van der Waals surface area contributed by atoms with E-state index in [-0.39, 0.29) is 0 Å². The maximum atomic E-state index is 13.4. The SMILES string of the molecule is Nc1ccc(C(=O)N(C(=O)c2ccc(N)cc2)c2cccc3ccccc23)cc1. The normalized spacial score (nSPS) is 10.6. The Labute approximate surface area is 168 Å². The smallest absolute Gasteiger partial charge is 0.265 e. The van der Waals surface area contributed by atoms with E-state index in [1.165, 1.54) is 4.90 Å². The average molecular weight is 381 g/mol. The number of imide groups is 1. The molecule has 0 aliphatic heterocycles. The molecule has 4 aromatic carbocycles. The Bertz CT molecular complexity index is 1140. The highest BCUT2D eigenvalue weighted by Crippen LogP contribution is 2.29. The van der Waals surface area contributed by atoms with E-state index in [1.54, 1.807) is 54.6 Å². The zero-order valence-corrected chi connectivity index (χ0v) is 15.6. The van der Waals surface area contributed by atoms with Crippen molar-refractivity contribution in [2.45, 2.75) is 0 Å². The molecule has 4 N–H and O–H groups in total. The molecular formula is C24H19N3O2. The number of benzene rings is 4. The second-order valence-corrected chi connectivity index (χ2v) is 6.69. The van der Waals surface area contributed by atoms with Crippen LogP contribution in [-0.4, -0.2) is 11.8 Å². The molecule has 0 fully saturated rings. The Morgan fingerprint density at radius 1 is 0.586 bits per heavy atom. The van der Waals surface area contributed by atoms with E-state index >= 15 is 0 Å². The van der Waals surface area contributed by atoms with Crippen molar-refractivity contribution in [3.8, 4) is 0 Å². The summed E-state index contributed by atoms with van der Waals surface area (Å²) in [5.74, 6) is -0.855. The van der Waals surface area contributed by atoms with Gasteiger partial charge in [0.2, 0.25) is 0 Å². The van der Waals surface area contributed by atoms with E-state index in [0.29, 0.717) is 28.2 Å². The standard InChI is InChI=1S/C24H19N3O2/c25-19-12-8-17(9-13-19)23(28)27(24(29)18-10-14-20(26)15-11-18)22-7-3-5-16-4-1-2-6-21(16)22/h1-15H,25-26H2. The molecule has 0 aliphatic rings. The van der Waals surface area contributed by atoms with Crippen molar-refractivity contribution in [2.24, 2.45) is 0 Å². The van der Waals surface area contributed by atoms with Crippen molar-refractivity contribution in [3.05, 3.63) is 102 Å². The summed E-state index contributed by atoms with van der Waals surface area (Å²) in [7, 11) is 0. The van der Waals surface area contributed by atoms with Crippen LogP contribution >= 0.6 is 0 Å². The number of rotatable bonds is 3. The molecule has 0 unspecified atom stereocenters. The summed E-state index contributed by atoms with van der Waals surface area (Å²) in [6, 6.07) is 26.2. The van der Waals surface area contributed by atoms with Gasteiger partial charge in [0, 0.05) is 27.9 Å². The molecule has 0 heterocycles. The van der Waals surface area contributed by atoms with E-state index in [9.17, 15) is 9.59 Å². The largest absolute Gasteiger partial charge is 0.399 e. The van der Waals surface area contributed by atoms with Crippen LogP contribution in [0.15, 0.2) is 91.0 Å². The van der Waals surface area contributed by atoms with Crippen molar-refractivity contribution in [1.29, 1.82) is 0 Å². The van der Waals surface area contributed by atoms with Gasteiger partial charge in [0.05, 0.1) is 5.69 Å². The van der Waals surface area contributed by atoms with Crippen LogP contribution in [0.25, 0.3) is 10.8 Å². The Hall–Kier alpha value is -4.12. The summed E-state index contributed by atoms with van der Waals surface area (Å²) in [5.41, 5.74) is 13.9. The number of amides is 2. The van der Waals surface area contributed by atoms with E-state index in [4.69, 9.17) is 11.5 Å². The first kappa shape index (κ1) is 18.3. The molecule has 2 amide bonds. The average Bonchev–Trinajstić information content (AvgIpc) is 2.75. The fourth-order valence-corrected chi connectivity index (χ4v) is 3.22. The van der Waals surface area contributed by atoms with Gasteiger partial charge in [-0.15, -0.1) is 0 Å². The summed E-state index contributed by atoms with van der Waals surface area (Å²) < 4.78 is 0. The van der Waals surface area contributed by atoms with Crippen molar-refractivity contribution < 1.29 is 9.59 Å². The Morgan fingerprint density at radius 3 is 1.62 bits per heavy atom. The summed E-state index contributed by atoms with van der Waals surface area (Å²) in [4.78, 5) is 28.1. The minimum atomic E-state index is -0.428. The van der Waals surface area contributed by atoms with Gasteiger partial charge >= 0.3 is 0 Å². The fourth-order valence-electron chi connectivity index (χ4n) is 3.22. The molecule has 29 heavy (non-hydrogen) atoms. The van der Waals surface area contributed by atoms with Crippen molar-refractivity contribution in [3.63, 3.8) is 0 Å². The maximum absolute atomic E-state index is 13.4. The molecule has 0 aliphatic carbocycles. The number of nitrogens with zero attached hydrogens (tertiary/aromatic N) is 1. The van der Waals surface area contributed by atoms with Gasteiger partial charge in [-0.25, -0.2) is 4.90 Å². The molecule has 4 rings (SSSR count). The quantitative estimate of drug-likeness (QED) is 0.404. The number of hydrogen-bond acceptors (Lipinski definition) is 4. The second kappa shape index (κ2) is 7.48. The van der Waals surface area contributed by atoms with Crippen LogP contribution in [0, 0.1) is 0 Å². The van der Waals surface area contributed by atoms with E-state index in [2.05, 4.69) is 0 Å². The third-order valence-corrected chi connectivity index (χ3v) is 4.73. The zero-order valence-electron chi connectivity index (χ0n) is 15.6. The van der Waals surface area contributed by atoms with Gasteiger partial charge in [-0.3, -0.25) is 9.59 Å². The van der Waals surface area contributed by atoms with E-state index < -0.39 is 11.8 Å². The fraction of sp³-hybridized carbons (Fsp3) is 0. The van der Waals surface area contributed by atoms with Gasteiger partial charge < -0.3 is 11.5 Å². The molecule has 142 valence electrons. The number of nitrogens with two attached hydrogens (primary N) is 2. The minimum Gasteiger partial charge on any atom is -0.399 e. The first-order valence-corrected chi connectivity index (χ1v) is 9.12. The Kier molecular flexibility index (Phi) is 4.71. The Balaban J connectivity index is 1.88. The van der Waals surface area contributed by atoms with Crippen molar-refractivity contribution in [2.75, 3.05) is 16.4 Å². The molecule has 0 saturated carbocycles. The number of carbonyl (C=O) groups excluding carboxylic acids is 2. The van der Waals surface area contributed by atoms with Gasteiger partial charge in [-0.2, -0.15) is 0 Å². The topological polar surface area (TPSA) is 89.4 Å². The number of hydrogen-bond donors (Lipinski definition) is 2. The van der Waals surface area contributed by atoms with Crippen LogP contribution < -0.4 is 16.4 Å². The van der Waals surface area contributed by atoms with Crippen LogP contribution in [-0.2, 0) is 0 Å². The molecule has 5 nitrogen and oxygen atoms in total. The predicted octanol–water partition coefficient (Wildman–Crippen LogP) is 4.49. The minimum absolute atomic E-state index is 0.371. The molecule has 0 radical (unpaired) electrons. The van der Waals surface area contributed by atoms with E-state index in [0.717, 1.165) is 10.8 Å². The number of anilines is 3. The lowest BCUT2D eigenvalue weighted by Gasteiger charge is -2.23. The van der Waals surface area contributed by atoms with Crippen LogP contribution in [0.3, 0.4) is 0 Å². The molecule has 0 aromatic heterocycles. The van der Waals surface area contributed by atoms with Gasteiger partial charge in [0.25, 0.3) is 11.8 Å². The highest BCUT2D eigenvalue weighted by atomic mass is 16.2. The molecular weight excluding hydrogens is 362 g/mol. The third kappa shape index (κ3) is 3.53. The third-order valence-electron chi connectivity index (χ3n) is 4.73. The maximum Gasteiger partial charge on any atom is 0.265 e. The number of nitrogen functional groups attached to an aromatic ring is 2. The lowest BCUT2D eigenvalue weighted by atomic mass is 10.1. The molecule has 0 atom stereocenters. The van der Waals surface area contributed by atoms with Crippen LogP contribution in [0.5, 0.6) is 0 Å². The summed E-state index contributed by atoms with van der Waals surface area (Å²) >= 11 is 0. The molecule has 5 heteroatoms. The summed E-state index contributed by atoms with van der Waals surface area (Å²) in [6.45, 7) is 0. The summed E-state index contributed by atoms with van der Waals surface area (Å²) in [5, 5.41) is 1.74. The van der Waals surface area contributed by atoms with Gasteiger partial charge in [-0.05, 0) is 60.0 Å². The molecule has 0 bridgehead atoms. The number of fused-ring (bicyclic) bond motifs is 1. The monoisotopic (exact) mass is 381 g/mol. The highest BCUT2D eigenvalue weighted by Gasteiger charge is 2.27. The van der Waals surface area contributed by atoms with Crippen LogP contribution in [0.2, 0.25) is 0 Å². The predicted molar refractivity (Wildman–Crippen MR) is 117 cm³/mol. The van der Waals surface area contributed by atoms with Crippen molar-refractivity contribution in [1.82, 2.24) is 0 Å². The second-order valence-electron chi connectivity index (χ2n) is 6.69. The highest BCUT2D eigenvalue weighted by molar-refractivity contribution is 6.28. The van der Waals surface area contributed by atoms with Crippen LogP contribution in [0.4, 0.5) is 17.1 Å². The first-order valence-electron chi connectivity index (χ1n) is 9.12. The molecule has 4 aromatic rings. The number of carbonyl (C=O) groups is 2. The van der Waals surface area contributed by atoms with Gasteiger partial charge in [0.15, 0.2) is 0 Å². The van der Waals surface area contributed by atoms with Gasteiger partial charge in [0.1, 0.15) is 0 Å². The molecule has 0 saturated heterocycles. The molecule has 0 spiro atoms. The van der Waals surface area contributed by atoms with E-state index in [1.807, 2.05) is 36.4 Å². The lowest BCUT2D eigenvalue weighted by Crippen LogP contribution is -2.37. The first-order chi connectivity index (χ1) is 14.0.